The Hall–Kier alpha value is -2.81. The molecule has 1 atom stereocenters. The predicted molar refractivity (Wildman–Crippen MR) is 95.6 cm³/mol. The quantitative estimate of drug-likeness (QED) is 0.718. The molecule has 0 aromatic carbocycles. The van der Waals surface area contributed by atoms with Gasteiger partial charge in [0.25, 0.3) is 5.91 Å². The summed E-state index contributed by atoms with van der Waals surface area (Å²) in [5.41, 5.74) is 5.96. The number of imide groups is 1. The van der Waals surface area contributed by atoms with Gasteiger partial charge < -0.3 is 15.4 Å². The normalized spacial score (nSPS) is 23.1. The average molecular weight is 374 g/mol. The van der Waals surface area contributed by atoms with Gasteiger partial charge in [-0.25, -0.2) is 4.79 Å². The number of piperidine rings is 1. The highest BCUT2D eigenvalue weighted by atomic mass is 16.5. The van der Waals surface area contributed by atoms with Crippen LogP contribution >= 0.6 is 0 Å². The minimum Gasteiger partial charge on any atom is -0.383 e. The summed E-state index contributed by atoms with van der Waals surface area (Å²) in [6, 6.07) is -0.649. The summed E-state index contributed by atoms with van der Waals surface area (Å²) in [5, 5.41) is 0. The SMILES string of the molecule is COCCN1C(=O)N=C2C=C(C(=O)N3CCC(C(N)=O)CC3)C=CC2C1=O. The van der Waals surface area contributed by atoms with Gasteiger partial charge in [-0.15, -0.1) is 0 Å². The van der Waals surface area contributed by atoms with Gasteiger partial charge in [0, 0.05) is 31.7 Å². The summed E-state index contributed by atoms with van der Waals surface area (Å²) >= 11 is 0. The summed E-state index contributed by atoms with van der Waals surface area (Å²) in [5.74, 6) is -1.80. The van der Waals surface area contributed by atoms with E-state index in [4.69, 9.17) is 10.5 Å². The van der Waals surface area contributed by atoms with Gasteiger partial charge in [0.05, 0.1) is 24.8 Å². The van der Waals surface area contributed by atoms with Crippen LogP contribution in [0.1, 0.15) is 12.8 Å². The maximum atomic E-state index is 12.7. The number of carbonyl (C=O) groups excluding carboxylic acids is 4. The smallest absolute Gasteiger partial charge is 0.350 e. The molecule has 0 saturated carbocycles. The van der Waals surface area contributed by atoms with Crippen LogP contribution in [0.2, 0.25) is 0 Å². The maximum Gasteiger partial charge on any atom is 0.350 e. The molecule has 0 spiro atoms. The minimum atomic E-state index is -0.670. The lowest BCUT2D eigenvalue weighted by Gasteiger charge is -2.32. The number of urea groups is 1. The number of aliphatic imine (C=N–C) groups is 1. The Morgan fingerprint density at radius 2 is 2.00 bits per heavy atom. The van der Waals surface area contributed by atoms with E-state index in [9.17, 15) is 19.2 Å². The Labute approximate surface area is 156 Å². The highest BCUT2D eigenvalue weighted by Crippen LogP contribution is 2.24. The van der Waals surface area contributed by atoms with Crippen molar-refractivity contribution in [1.29, 1.82) is 0 Å². The Morgan fingerprint density at radius 1 is 1.30 bits per heavy atom. The number of hydrogen-bond donors (Lipinski definition) is 1. The first kappa shape index (κ1) is 19.0. The molecule has 0 radical (unpaired) electrons. The van der Waals surface area contributed by atoms with Crippen LogP contribution in [0.25, 0.3) is 0 Å². The Balaban J connectivity index is 1.72. The molecule has 1 fully saturated rings. The molecule has 27 heavy (non-hydrogen) atoms. The van der Waals surface area contributed by atoms with Gasteiger partial charge in [-0.1, -0.05) is 12.2 Å². The van der Waals surface area contributed by atoms with E-state index in [-0.39, 0.29) is 42.5 Å². The molecule has 1 aliphatic carbocycles. The van der Waals surface area contributed by atoms with E-state index in [0.717, 1.165) is 4.90 Å². The molecule has 2 N–H and O–H groups in total. The number of methoxy groups -OCH3 is 1. The zero-order valence-electron chi connectivity index (χ0n) is 15.1. The summed E-state index contributed by atoms with van der Waals surface area (Å²) in [4.78, 5) is 55.2. The topological polar surface area (TPSA) is 122 Å². The summed E-state index contributed by atoms with van der Waals surface area (Å²) in [6.45, 7) is 1.26. The number of rotatable bonds is 5. The fourth-order valence-corrected chi connectivity index (χ4v) is 3.41. The molecule has 0 bridgehead atoms. The van der Waals surface area contributed by atoms with E-state index in [2.05, 4.69) is 4.99 Å². The number of fused-ring (bicyclic) bond motifs is 1. The van der Waals surface area contributed by atoms with Gasteiger partial charge in [-0.3, -0.25) is 19.3 Å². The van der Waals surface area contributed by atoms with E-state index in [1.54, 1.807) is 17.1 Å². The molecule has 1 saturated heterocycles. The number of nitrogens with zero attached hydrogens (tertiary/aromatic N) is 3. The molecule has 2 aliphatic heterocycles. The van der Waals surface area contributed by atoms with Crippen molar-refractivity contribution < 1.29 is 23.9 Å². The molecule has 144 valence electrons. The fourth-order valence-electron chi connectivity index (χ4n) is 3.41. The highest BCUT2D eigenvalue weighted by molar-refractivity contribution is 6.23. The zero-order valence-corrected chi connectivity index (χ0v) is 15.1. The van der Waals surface area contributed by atoms with Crippen LogP contribution in [-0.2, 0) is 19.1 Å². The van der Waals surface area contributed by atoms with Crippen LogP contribution in [0.15, 0.2) is 28.8 Å². The maximum absolute atomic E-state index is 12.7. The van der Waals surface area contributed by atoms with Crippen LogP contribution < -0.4 is 5.73 Å². The number of allylic oxidation sites excluding steroid dienone is 1. The average Bonchev–Trinajstić information content (AvgIpc) is 2.67. The molecular formula is C18H22N4O5. The molecule has 0 aromatic heterocycles. The third-order valence-corrected chi connectivity index (χ3v) is 5.03. The predicted octanol–water partition coefficient (Wildman–Crippen LogP) is -0.128. The van der Waals surface area contributed by atoms with E-state index in [1.165, 1.54) is 13.2 Å². The number of hydrogen-bond acceptors (Lipinski definition) is 5. The molecule has 0 aromatic rings. The molecule has 3 aliphatic rings. The van der Waals surface area contributed by atoms with E-state index in [1.807, 2.05) is 0 Å². The van der Waals surface area contributed by atoms with Gasteiger partial charge in [-0.05, 0) is 18.9 Å². The van der Waals surface area contributed by atoms with Crippen molar-refractivity contribution in [3.8, 4) is 0 Å². The van der Waals surface area contributed by atoms with Crippen molar-refractivity contribution in [1.82, 2.24) is 9.80 Å². The number of primary amides is 1. The van der Waals surface area contributed by atoms with Crippen molar-refractivity contribution in [2.75, 3.05) is 33.4 Å². The van der Waals surface area contributed by atoms with Crippen LogP contribution in [0.4, 0.5) is 4.79 Å². The van der Waals surface area contributed by atoms with Crippen molar-refractivity contribution in [3.05, 3.63) is 23.8 Å². The van der Waals surface area contributed by atoms with Gasteiger partial charge in [0.2, 0.25) is 11.8 Å². The second kappa shape index (κ2) is 7.83. The number of nitrogens with two attached hydrogens (primary N) is 1. The molecule has 9 nitrogen and oxygen atoms in total. The number of likely N-dealkylation sites (tertiary alicyclic amines) is 1. The van der Waals surface area contributed by atoms with Crippen LogP contribution in [0, 0.1) is 11.8 Å². The Kier molecular flexibility index (Phi) is 5.50. The van der Waals surface area contributed by atoms with Crippen LogP contribution in [0.3, 0.4) is 0 Å². The molecular weight excluding hydrogens is 352 g/mol. The highest BCUT2D eigenvalue weighted by Gasteiger charge is 2.37. The first-order valence-corrected chi connectivity index (χ1v) is 8.83. The Bertz CT molecular complexity index is 762. The van der Waals surface area contributed by atoms with Crippen molar-refractivity contribution >= 4 is 29.5 Å². The van der Waals surface area contributed by atoms with Crippen molar-refractivity contribution in [2.24, 2.45) is 22.6 Å². The molecule has 2 heterocycles. The van der Waals surface area contributed by atoms with Gasteiger partial charge in [0.1, 0.15) is 0 Å². The monoisotopic (exact) mass is 374 g/mol. The van der Waals surface area contributed by atoms with Gasteiger partial charge in [-0.2, -0.15) is 4.99 Å². The summed E-state index contributed by atoms with van der Waals surface area (Å²) < 4.78 is 4.91. The van der Waals surface area contributed by atoms with Crippen LogP contribution in [0.5, 0.6) is 0 Å². The second-order valence-electron chi connectivity index (χ2n) is 6.71. The van der Waals surface area contributed by atoms with Crippen molar-refractivity contribution in [3.63, 3.8) is 0 Å². The lowest BCUT2D eigenvalue weighted by molar-refractivity contribution is -0.131. The summed E-state index contributed by atoms with van der Waals surface area (Å²) in [6.07, 6.45) is 5.75. The Morgan fingerprint density at radius 3 is 2.63 bits per heavy atom. The number of carbonyl (C=O) groups is 4. The number of amides is 5. The summed E-state index contributed by atoms with van der Waals surface area (Å²) in [7, 11) is 1.49. The molecule has 3 rings (SSSR count). The number of ether oxygens (including phenoxy) is 1. The zero-order chi connectivity index (χ0) is 19.6. The third kappa shape index (κ3) is 3.82. The second-order valence-corrected chi connectivity index (χ2v) is 6.71. The lowest BCUT2D eigenvalue weighted by Crippen LogP contribution is -2.48. The molecule has 5 amide bonds. The van der Waals surface area contributed by atoms with Crippen molar-refractivity contribution in [2.45, 2.75) is 12.8 Å². The fraction of sp³-hybridized carbons (Fsp3) is 0.500. The van der Waals surface area contributed by atoms with Gasteiger partial charge in [0.15, 0.2) is 0 Å². The van der Waals surface area contributed by atoms with Gasteiger partial charge >= 0.3 is 6.03 Å². The standard InChI is InChI=1S/C18H22N4O5/c1-27-9-8-22-17(25)13-3-2-12(10-14(13)20-18(22)26)16(24)21-6-4-11(5-7-21)15(19)23/h2-3,10-11,13H,4-9H2,1H3,(H2,19,23). The van der Waals surface area contributed by atoms with Crippen LogP contribution in [-0.4, -0.2) is 72.6 Å². The first-order chi connectivity index (χ1) is 12.9. The minimum absolute atomic E-state index is 0.138. The van der Waals surface area contributed by atoms with E-state index < -0.39 is 11.9 Å². The largest absolute Gasteiger partial charge is 0.383 e. The third-order valence-electron chi connectivity index (χ3n) is 5.03. The van der Waals surface area contributed by atoms with E-state index in [0.29, 0.717) is 31.5 Å². The first-order valence-electron chi connectivity index (χ1n) is 8.83. The lowest BCUT2D eigenvalue weighted by atomic mass is 9.90. The van der Waals surface area contributed by atoms with E-state index >= 15 is 0 Å². The molecule has 9 heteroatoms. The molecule has 1 unspecified atom stereocenters.